The predicted octanol–water partition coefficient (Wildman–Crippen LogP) is 2.32. The summed E-state index contributed by atoms with van der Waals surface area (Å²) < 4.78 is 18.5. The second kappa shape index (κ2) is 5.71. The molecule has 0 aliphatic carbocycles. The summed E-state index contributed by atoms with van der Waals surface area (Å²) in [7, 11) is 1.53. The summed E-state index contributed by atoms with van der Waals surface area (Å²) in [6, 6.07) is 3.25. The fourth-order valence-corrected chi connectivity index (χ4v) is 1.58. The molecule has 1 N–H and O–H groups in total. The number of methoxy groups -OCH3 is 1. The third-order valence-electron chi connectivity index (χ3n) is 2.43. The molecule has 0 aliphatic rings. The molecule has 0 atom stereocenters. The summed E-state index contributed by atoms with van der Waals surface area (Å²) in [4.78, 5) is 0. The Morgan fingerprint density at radius 1 is 1.33 bits per heavy atom. The number of halogens is 1. The summed E-state index contributed by atoms with van der Waals surface area (Å²) in [5.41, 5.74) is 1.66. The molecule has 0 unspecified atom stereocenters. The zero-order chi connectivity index (χ0) is 11.3. The number of aliphatic hydroxyl groups excluding tert-OH is 1. The van der Waals surface area contributed by atoms with Gasteiger partial charge in [-0.2, -0.15) is 0 Å². The van der Waals surface area contributed by atoms with Crippen molar-refractivity contribution >= 4 is 0 Å². The normalized spacial score (nSPS) is 10.4. The second-order valence-corrected chi connectivity index (χ2v) is 3.44. The van der Waals surface area contributed by atoms with E-state index < -0.39 is 0 Å². The molecule has 84 valence electrons. The van der Waals surface area contributed by atoms with Gasteiger partial charge < -0.3 is 9.84 Å². The minimum absolute atomic E-state index is 0.141. The van der Waals surface area contributed by atoms with Crippen LogP contribution in [0, 0.1) is 5.82 Å². The van der Waals surface area contributed by atoms with Gasteiger partial charge in [-0.15, -0.1) is 0 Å². The number of rotatable bonds is 5. The molecule has 2 nitrogen and oxygen atoms in total. The van der Waals surface area contributed by atoms with Crippen molar-refractivity contribution < 1.29 is 14.2 Å². The molecule has 0 spiro atoms. The van der Waals surface area contributed by atoms with E-state index in [1.54, 1.807) is 0 Å². The molecule has 0 saturated heterocycles. The van der Waals surface area contributed by atoms with Crippen LogP contribution in [-0.2, 0) is 12.8 Å². The van der Waals surface area contributed by atoms with Gasteiger partial charge in [0.2, 0.25) is 0 Å². The van der Waals surface area contributed by atoms with E-state index in [4.69, 9.17) is 9.84 Å². The highest BCUT2D eigenvalue weighted by Gasteiger charge is 2.08. The van der Waals surface area contributed by atoms with Crippen LogP contribution in [0.5, 0.6) is 5.75 Å². The van der Waals surface area contributed by atoms with Crippen molar-refractivity contribution in [1.29, 1.82) is 0 Å². The van der Waals surface area contributed by atoms with E-state index in [0.29, 0.717) is 30.6 Å². The van der Waals surface area contributed by atoms with Gasteiger partial charge in [-0.05, 0) is 36.5 Å². The SMILES string of the molecule is CCc1cc(CCCO)c(OC)cc1F. The minimum Gasteiger partial charge on any atom is -0.496 e. The van der Waals surface area contributed by atoms with Crippen LogP contribution >= 0.6 is 0 Å². The van der Waals surface area contributed by atoms with Gasteiger partial charge in [0.25, 0.3) is 0 Å². The molecule has 0 aromatic heterocycles. The quantitative estimate of drug-likeness (QED) is 0.811. The number of ether oxygens (including phenoxy) is 1. The average Bonchev–Trinajstić information content (AvgIpc) is 2.26. The molecule has 1 rings (SSSR count). The van der Waals surface area contributed by atoms with Gasteiger partial charge in [-0.1, -0.05) is 6.92 Å². The zero-order valence-corrected chi connectivity index (χ0v) is 9.22. The highest BCUT2D eigenvalue weighted by Crippen LogP contribution is 2.24. The lowest BCUT2D eigenvalue weighted by atomic mass is 10.0. The van der Waals surface area contributed by atoms with E-state index in [1.807, 2.05) is 13.0 Å². The van der Waals surface area contributed by atoms with Gasteiger partial charge in [0.15, 0.2) is 0 Å². The first-order valence-corrected chi connectivity index (χ1v) is 5.19. The molecule has 1 aromatic carbocycles. The Kier molecular flexibility index (Phi) is 4.56. The van der Waals surface area contributed by atoms with E-state index in [9.17, 15) is 4.39 Å². The molecule has 0 heterocycles. The Balaban J connectivity index is 2.99. The van der Waals surface area contributed by atoms with E-state index in [1.165, 1.54) is 13.2 Å². The summed E-state index contributed by atoms with van der Waals surface area (Å²) in [6.07, 6.45) is 2.06. The molecule has 0 amide bonds. The van der Waals surface area contributed by atoms with Gasteiger partial charge in [0, 0.05) is 12.7 Å². The van der Waals surface area contributed by atoms with Crippen molar-refractivity contribution in [3.63, 3.8) is 0 Å². The second-order valence-electron chi connectivity index (χ2n) is 3.44. The summed E-state index contributed by atoms with van der Waals surface area (Å²) >= 11 is 0. The molecular weight excluding hydrogens is 195 g/mol. The maximum absolute atomic E-state index is 13.4. The van der Waals surface area contributed by atoms with Gasteiger partial charge >= 0.3 is 0 Å². The lowest BCUT2D eigenvalue weighted by Crippen LogP contribution is -1.98. The van der Waals surface area contributed by atoms with Crippen LogP contribution in [0.2, 0.25) is 0 Å². The Morgan fingerprint density at radius 3 is 2.60 bits per heavy atom. The number of hydrogen-bond acceptors (Lipinski definition) is 2. The van der Waals surface area contributed by atoms with Crippen molar-refractivity contribution in [3.05, 3.63) is 29.1 Å². The Bertz CT molecular complexity index is 324. The van der Waals surface area contributed by atoms with Crippen molar-refractivity contribution in [2.75, 3.05) is 13.7 Å². The molecule has 0 radical (unpaired) electrons. The molecule has 0 saturated carbocycles. The Hall–Kier alpha value is -1.09. The van der Waals surface area contributed by atoms with Crippen molar-refractivity contribution in [3.8, 4) is 5.75 Å². The van der Waals surface area contributed by atoms with Crippen molar-refractivity contribution in [2.24, 2.45) is 0 Å². The monoisotopic (exact) mass is 212 g/mol. The van der Waals surface area contributed by atoms with Crippen molar-refractivity contribution in [1.82, 2.24) is 0 Å². The third-order valence-corrected chi connectivity index (χ3v) is 2.43. The maximum Gasteiger partial charge on any atom is 0.130 e. The van der Waals surface area contributed by atoms with Crippen molar-refractivity contribution in [2.45, 2.75) is 26.2 Å². The molecule has 1 aromatic rings. The number of aliphatic hydroxyl groups is 1. The van der Waals surface area contributed by atoms with Gasteiger partial charge in [0.05, 0.1) is 7.11 Å². The van der Waals surface area contributed by atoms with Gasteiger partial charge in [0.1, 0.15) is 11.6 Å². The first-order valence-electron chi connectivity index (χ1n) is 5.19. The lowest BCUT2D eigenvalue weighted by molar-refractivity contribution is 0.287. The van der Waals surface area contributed by atoms with Crippen LogP contribution in [0.1, 0.15) is 24.5 Å². The summed E-state index contributed by atoms with van der Waals surface area (Å²) in [6.45, 7) is 2.06. The van der Waals surface area contributed by atoms with Crippen LogP contribution in [0.3, 0.4) is 0 Å². The highest BCUT2D eigenvalue weighted by atomic mass is 19.1. The first-order chi connectivity index (χ1) is 7.22. The molecule has 0 fully saturated rings. The Labute approximate surface area is 89.7 Å². The van der Waals surface area contributed by atoms with E-state index >= 15 is 0 Å². The van der Waals surface area contributed by atoms with Crippen LogP contribution < -0.4 is 4.74 Å². The molecule has 0 aliphatic heterocycles. The van der Waals surface area contributed by atoms with E-state index in [-0.39, 0.29) is 12.4 Å². The first kappa shape index (κ1) is 12.0. The lowest BCUT2D eigenvalue weighted by Gasteiger charge is -2.10. The van der Waals surface area contributed by atoms with E-state index in [0.717, 1.165) is 5.56 Å². The molecule has 0 bridgehead atoms. The van der Waals surface area contributed by atoms with E-state index in [2.05, 4.69) is 0 Å². The number of aryl methyl sites for hydroxylation is 2. The van der Waals surface area contributed by atoms with Crippen LogP contribution in [0.15, 0.2) is 12.1 Å². The standard InChI is InChI=1S/C12H17FO2/c1-3-9-7-10(5-4-6-14)12(15-2)8-11(9)13/h7-8,14H,3-6H2,1-2H3. The highest BCUT2D eigenvalue weighted by molar-refractivity contribution is 5.38. The summed E-state index contributed by atoms with van der Waals surface area (Å²) in [5.74, 6) is 0.347. The Morgan fingerprint density at radius 2 is 2.07 bits per heavy atom. The van der Waals surface area contributed by atoms with Crippen LogP contribution in [0.25, 0.3) is 0 Å². The minimum atomic E-state index is -0.220. The molecule has 3 heteroatoms. The number of benzene rings is 1. The largest absolute Gasteiger partial charge is 0.496 e. The maximum atomic E-state index is 13.4. The smallest absolute Gasteiger partial charge is 0.130 e. The topological polar surface area (TPSA) is 29.5 Å². The molecular formula is C12H17FO2. The van der Waals surface area contributed by atoms with Gasteiger partial charge in [-0.25, -0.2) is 4.39 Å². The summed E-state index contributed by atoms with van der Waals surface area (Å²) in [5, 5.41) is 8.76. The van der Waals surface area contributed by atoms with Crippen LogP contribution in [-0.4, -0.2) is 18.8 Å². The zero-order valence-electron chi connectivity index (χ0n) is 9.22. The fourth-order valence-electron chi connectivity index (χ4n) is 1.58. The fraction of sp³-hybridized carbons (Fsp3) is 0.500. The van der Waals surface area contributed by atoms with Gasteiger partial charge in [-0.3, -0.25) is 0 Å². The number of hydrogen-bond donors (Lipinski definition) is 1. The third kappa shape index (κ3) is 2.93. The van der Waals surface area contributed by atoms with Crippen LogP contribution in [0.4, 0.5) is 4.39 Å². The molecule has 15 heavy (non-hydrogen) atoms. The predicted molar refractivity (Wildman–Crippen MR) is 57.7 cm³/mol. The average molecular weight is 212 g/mol.